The average molecular weight is 438 g/mol. The van der Waals surface area contributed by atoms with Crippen LogP contribution in [-0.4, -0.2) is 38.3 Å². The Balaban J connectivity index is 1.75. The SMILES string of the molecule is C[C@@H]1C[C@@H](C)CN(S(=O)(=O)c2cccc(C(=O)Nc3ccc(OC(F)F)cc3)c2)C1. The summed E-state index contributed by atoms with van der Waals surface area (Å²) >= 11 is 0. The summed E-state index contributed by atoms with van der Waals surface area (Å²) in [6.07, 6.45) is 0.982. The Morgan fingerprint density at radius 2 is 1.73 bits per heavy atom. The van der Waals surface area contributed by atoms with Gasteiger partial charge in [0, 0.05) is 24.3 Å². The molecule has 0 aromatic heterocycles. The summed E-state index contributed by atoms with van der Waals surface area (Å²) in [6.45, 7) is 2.03. The van der Waals surface area contributed by atoms with Crippen molar-refractivity contribution in [2.24, 2.45) is 11.8 Å². The molecule has 3 rings (SSSR count). The van der Waals surface area contributed by atoms with Gasteiger partial charge < -0.3 is 10.1 Å². The zero-order valence-corrected chi connectivity index (χ0v) is 17.5. The molecule has 1 N–H and O–H groups in total. The standard InChI is InChI=1S/C21H24F2N2O4S/c1-14-10-15(2)13-25(12-14)30(27,28)19-5-3-4-16(11-19)20(26)24-17-6-8-18(9-7-17)29-21(22)23/h3-9,11,14-15,21H,10,12-13H2,1-2H3,(H,24,26)/t14-,15-/m1/s1. The van der Waals surface area contributed by atoms with E-state index in [0.717, 1.165) is 6.42 Å². The van der Waals surface area contributed by atoms with Gasteiger partial charge in [0.15, 0.2) is 0 Å². The first-order valence-corrected chi connectivity index (χ1v) is 11.1. The molecule has 0 spiro atoms. The zero-order chi connectivity index (χ0) is 21.9. The second kappa shape index (κ2) is 9.09. The second-order valence-electron chi connectivity index (χ2n) is 7.65. The van der Waals surface area contributed by atoms with Crippen molar-refractivity contribution < 1.29 is 26.7 Å². The number of ether oxygens (including phenoxy) is 1. The van der Waals surface area contributed by atoms with E-state index >= 15 is 0 Å². The van der Waals surface area contributed by atoms with Crippen LogP contribution in [0.5, 0.6) is 5.75 Å². The van der Waals surface area contributed by atoms with Gasteiger partial charge in [-0.3, -0.25) is 4.79 Å². The minimum Gasteiger partial charge on any atom is -0.435 e. The highest BCUT2D eigenvalue weighted by molar-refractivity contribution is 7.89. The van der Waals surface area contributed by atoms with Gasteiger partial charge in [0.25, 0.3) is 5.91 Å². The van der Waals surface area contributed by atoms with Gasteiger partial charge in [-0.2, -0.15) is 13.1 Å². The number of sulfonamides is 1. The number of hydrogen-bond acceptors (Lipinski definition) is 4. The van der Waals surface area contributed by atoms with E-state index in [0.29, 0.717) is 18.8 Å². The molecular formula is C21H24F2N2O4S. The minimum atomic E-state index is -3.71. The molecular weight excluding hydrogens is 414 g/mol. The normalized spacial score (nSPS) is 20.2. The van der Waals surface area contributed by atoms with E-state index in [1.54, 1.807) is 0 Å². The number of piperidine rings is 1. The molecule has 1 heterocycles. The molecule has 0 unspecified atom stereocenters. The van der Waals surface area contributed by atoms with E-state index in [1.165, 1.54) is 52.8 Å². The van der Waals surface area contributed by atoms with Gasteiger partial charge in [-0.1, -0.05) is 19.9 Å². The third kappa shape index (κ3) is 5.34. The lowest BCUT2D eigenvalue weighted by Gasteiger charge is -2.34. The number of benzene rings is 2. The van der Waals surface area contributed by atoms with Crippen LogP contribution in [0.25, 0.3) is 0 Å². The lowest BCUT2D eigenvalue weighted by Crippen LogP contribution is -2.42. The molecule has 6 nitrogen and oxygen atoms in total. The molecule has 0 aliphatic carbocycles. The lowest BCUT2D eigenvalue weighted by atomic mass is 9.94. The Kier molecular flexibility index (Phi) is 6.72. The summed E-state index contributed by atoms with van der Waals surface area (Å²) in [5.74, 6) is 0.00935. The van der Waals surface area contributed by atoms with Crippen molar-refractivity contribution in [1.82, 2.24) is 4.31 Å². The van der Waals surface area contributed by atoms with Crippen LogP contribution in [0.4, 0.5) is 14.5 Å². The van der Waals surface area contributed by atoms with Crippen molar-refractivity contribution in [2.45, 2.75) is 31.8 Å². The number of amides is 1. The van der Waals surface area contributed by atoms with Gasteiger partial charge in [0.2, 0.25) is 10.0 Å². The smallest absolute Gasteiger partial charge is 0.387 e. The molecule has 1 aliphatic heterocycles. The van der Waals surface area contributed by atoms with Crippen LogP contribution in [0.2, 0.25) is 0 Å². The number of nitrogens with one attached hydrogen (secondary N) is 1. The summed E-state index contributed by atoms with van der Waals surface area (Å²) < 4.78 is 56.3. The van der Waals surface area contributed by atoms with Crippen LogP contribution in [0.1, 0.15) is 30.6 Å². The Labute approximate surface area is 174 Å². The summed E-state index contributed by atoms with van der Waals surface area (Å²) in [5.41, 5.74) is 0.552. The number of nitrogens with zero attached hydrogens (tertiary/aromatic N) is 1. The highest BCUT2D eigenvalue weighted by Gasteiger charge is 2.32. The maximum Gasteiger partial charge on any atom is 0.387 e. The third-order valence-electron chi connectivity index (χ3n) is 4.91. The second-order valence-corrected chi connectivity index (χ2v) is 9.59. The molecule has 9 heteroatoms. The molecule has 1 aliphatic rings. The highest BCUT2D eigenvalue weighted by Crippen LogP contribution is 2.27. The number of halogens is 2. The molecule has 1 amide bonds. The third-order valence-corrected chi connectivity index (χ3v) is 6.73. The van der Waals surface area contributed by atoms with Gasteiger partial charge in [-0.25, -0.2) is 8.42 Å². The molecule has 30 heavy (non-hydrogen) atoms. The lowest BCUT2D eigenvalue weighted by molar-refractivity contribution is -0.0498. The van der Waals surface area contributed by atoms with Crippen LogP contribution in [-0.2, 0) is 10.0 Å². The first kappa shape index (κ1) is 22.2. The van der Waals surface area contributed by atoms with Crippen molar-refractivity contribution in [2.75, 3.05) is 18.4 Å². The number of anilines is 1. The Morgan fingerprint density at radius 3 is 2.33 bits per heavy atom. The van der Waals surface area contributed by atoms with Gasteiger partial charge in [0.05, 0.1) is 4.90 Å². The number of carbonyl (C=O) groups is 1. The van der Waals surface area contributed by atoms with Gasteiger partial charge in [-0.15, -0.1) is 0 Å². The van der Waals surface area contributed by atoms with E-state index in [9.17, 15) is 22.0 Å². The molecule has 0 bridgehead atoms. The van der Waals surface area contributed by atoms with Crippen LogP contribution < -0.4 is 10.1 Å². The molecule has 1 saturated heterocycles. The van der Waals surface area contributed by atoms with Crippen LogP contribution >= 0.6 is 0 Å². The van der Waals surface area contributed by atoms with E-state index in [1.807, 2.05) is 13.8 Å². The maximum absolute atomic E-state index is 13.1. The number of hydrogen-bond donors (Lipinski definition) is 1. The zero-order valence-electron chi connectivity index (χ0n) is 16.7. The molecule has 0 radical (unpaired) electrons. The van der Waals surface area contributed by atoms with Crippen molar-refractivity contribution in [3.63, 3.8) is 0 Å². The summed E-state index contributed by atoms with van der Waals surface area (Å²) in [4.78, 5) is 12.6. The largest absolute Gasteiger partial charge is 0.435 e. The first-order valence-electron chi connectivity index (χ1n) is 9.61. The molecule has 2 aromatic carbocycles. The quantitative estimate of drug-likeness (QED) is 0.733. The van der Waals surface area contributed by atoms with Gasteiger partial charge in [-0.05, 0) is 60.7 Å². The van der Waals surface area contributed by atoms with Crippen molar-refractivity contribution in [3.8, 4) is 5.75 Å². The van der Waals surface area contributed by atoms with Crippen LogP contribution in [0.15, 0.2) is 53.4 Å². The summed E-state index contributed by atoms with van der Waals surface area (Å²) in [7, 11) is -3.71. The fourth-order valence-electron chi connectivity index (χ4n) is 3.67. The van der Waals surface area contributed by atoms with Crippen molar-refractivity contribution in [3.05, 3.63) is 54.1 Å². The molecule has 162 valence electrons. The number of alkyl halides is 2. The average Bonchev–Trinajstić information content (AvgIpc) is 2.68. The number of carbonyl (C=O) groups excluding carboxylic acids is 1. The predicted octanol–water partition coefficient (Wildman–Crippen LogP) is 4.21. The fraction of sp³-hybridized carbons (Fsp3) is 0.381. The van der Waals surface area contributed by atoms with E-state index in [2.05, 4.69) is 10.1 Å². The van der Waals surface area contributed by atoms with E-state index in [4.69, 9.17) is 0 Å². The van der Waals surface area contributed by atoms with Gasteiger partial charge >= 0.3 is 6.61 Å². The Hall–Kier alpha value is -2.52. The molecule has 1 fully saturated rings. The minimum absolute atomic E-state index is 0.0268. The molecule has 2 aromatic rings. The molecule has 2 atom stereocenters. The van der Waals surface area contributed by atoms with Gasteiger partial charge in [0.1, 0.15) is 5.75 Å². The fourth-order valence-corrected chi connectivity index (χ4v) is 5.40. The Bertz CT molecular complexity index is 986. The topological polar surface area (TPSA) is 75.7 Å². The molecule has 0 saturated carbocycles. The summed E-state index contributed by atoms with van der Waals surface area (Å²) in [5, 5.41) is 2.62. The summed E-state index contributed by atoms with van der Waals surface area (Å²) in [6, 6.07) is 11.3. The predicted molar refractivity (Wildman–Crippen MR) is 109 cm³/mol. The van der Waals surface area contributed by atoms with Crippen molar-refractivity contribution in [1.29, 1.82) is 0 Å². The number of rotatable bonds is 6. The van der Waals surface area contributed by atoms with Crippen molar-refractivity contribution >= 4 is 21.6 Å². The van der Waals surface area contributed by atoms with Crippen LogP contribution in [0.3, 0.4) is 0 Å². The van der Waals surface area contributed by atoms with E-state index < -0.39 is 22.5 Å². The first-order chi connectivity index (χ1) is 14.1. The Morgan fingerprint density at radius 1 is 1.10 bits per heavy atom. The monoisotopic (exact) mass is 438 g/mol. The highest BCUT2D eigenvalue weighted by atomic mass is 32.2. The van der Waals surface area contributed by atoms with Crippen LogP contribution in [0, 0.1) is 11.8 Å². The maximum atomic E-state index is 13.1. The van der Waals surface area contributed by atoms with E-state index in [-0.39, 0.29) is 28.0 Å².